The molecular formula is C15H23FN2. The molecule has 100 valence electrons. The van der Waals surface area contributed by atoms with Crippen LogP contribution in [-0.2, 0) is 6.42 Å². The monoisotopic (exact) mass is 250 g/mol. The maximum atomic E-state index is 14.1. The fraction of sp³-hybridized carbons (Fsp3) is 0.600. The number of benzene rings is 1. The van der Waals surface area contributed by atoms with Crippen molar-refractivity contribution in [1.29, 1.82) is 0 Å². The van der Waals surface area contributed by atoms with E-state index in [4.69, 9.17) is 0 Å². The molecule has 1 aliphatic heterocycles. The zero-order valence-electron chi connectivity index (χ0n) is 11.6. The van der Waals surface area contributed by atoms with Crippen LogP contribution in [0.15, 0.2) is 18.2 Å². The molecule has 1 aromatic carbocycles. The van der Waals surface area contributed by atoms with E-state index in [0.717, 1.165) is 43.9 Å². The zero-order valence-corrected chi connectivity index (χ0v) is 11.6. The van der Waals surface area contributed by atoms with Crippen LogP contribution >= 0.6 is 0 Å². The number of anilines is 1. The molecule has 1 aliphatic rings. The van der Waals surface area contributed by atoms with E-state index < -0.39 is 0 Å². The highest BCUT2D eigenvalue weighted by Crippen LogP contribution is 2.25. The van der Waals surface area contributed by atoms with E-state index in [-0.39, 0.29) is 11.2 Å². The molecule has 18 heavy (non-hydrogen) atoms. The van der Waals surface area contributed by atoms with Crippen LogP contribution in [0.5, 0.6) is 0 Å². The van der Waals surface area contributed by atoms with E-state index in [0.29, 0.717) is 0 Å². The van der Waals surface area contributed by atoms with Gasteiger partial charge in [-0.3, -0.25) is 0 Å². The van der Waals surface area contributed by atoms with Gasteiger partial charge in [-0.05, 0) is 29.5 Å². The van der Waals surface area contributed by atoms with Gasteiger partial charge in [-0.15, -0.1) is 0 Å². The van der Waals surface area contributed by atoms with E-state index in [1.807, 2.05) is 6.07 Å². The summed E-state index contributed by atoms with van der Waals surface area (Å²) >= 11 is 0. The number of hydrogen-bond acceptors (Lipinski definition) is 2. The number of halogens is 1. The van der Waals surface area contributed by atoms with Gasteiger partial charge in [-0.2, -0.15) is 0 Å². The first-order valence-electron chi connectivity index (χ1n) is 6.70. The normalized spacial score (nSPS) is 17.0. The quantitative estimate of drug-likeness (QED) is 0.868. The summed E-state index contributed by atoms with van der Waals surface area (Å²) in [5.41, 5.74) is 2.02. The number of piperazine rings is 1. The lowest BCUT2D eigenvalue weighted by atomic mass is 9.88. The van der Waals surface area contributed by atoms with Crippen molar-refractivity contribution in [1.82, 2.24) is 5.32 Å². The summed E-state index contributed by atoms with van der Waals surface area (Å²) in [5, 5.41) is 3.28. The van der Waals surface area contributed by atoms with Crippen LogP contribution in [0.4, 0.5) is 10.1 Å². The van der Waals surface area contributed by atoms with Gasteiger partial charge in [-0.25, -0.2) is 4.39 Å². The lowest BCUT2D eigenvalue weighted by Gasteiger charge is -2.30. The van der Waals surface area contributed by atoms with E-state index in [9.17, 15) is 4.39 Å². The van der Waals surface area contributed by atoms with Crippen LogP contribution in [0, 0.1) is 11.2 Å². The summed E-state index contributed by atoms with van der Waals surface area (Å²) in [7, 11) is 0. The number of nitrogens with zero attached hydrogens (tertiary/aromatic N) is 1. The summed E-state index contributed by atoms with van der Waals surface area (Å²) < 4.78 is 14.1. The van der Waals surface area contributed by atoms with Crippen molar-refractivity contribution in [2.75, 3.05) is 31.1 Å². The van der Waals surface area contributed by atoms with Crippen molar-refractivity contribution >= 4 is 5.69 Å². The summed E-state index contributed by atoms with van der Waals surface area (Å²) in [5.74, 6) is -0.0846. The Balaban J connectivity index is 2.14. The molecule has 3 heteroatoms. The van der Waals surface area contributed by atoms with Crippen LogP contribution in [0.1, 0.15) is 26.3 Å². The Hall–Kier alpha value is -1.09. The fourth-order valence-corrected chi connectivity index (χ4v) is 2.43. The van der Waals surface area contributed by atoms with Crippen LogP contribution in [0.3, 0.4) is 0 Å². The van der Waals surface area contributed by atoms with E-state index in [2.05, 4.69) is 37.1 Å². The first-order valence-corrected chi connectivity index (χ1v) is 6.70. The Morgan fingerprint density at radius 2 is 1.89 bits per heavy atom. The van der Waals surface area contributed by atoms with Gasteiger partial charge >= 0.3 is 0 Å². The number of hydrogen-bond donors (Lipinski definition) is 1. The minimum atomic E-state index is -0.0846. The number of rotatable bonds is 2. The van der Waals surface area contributed by atoms with Gasteiger partial charge in [0.05, 0.1) is 5.69 Å². The molecule has 1 N–H and O–H groups in total. The molecule has 0 bridgehead atoms. The summed E-state index contributed by atoms with van der Waals surface area (Å²) in [4.78, 5) is 2.12. The molecule has 1 fully saturated rings. The Bertz CT molecular complexity index is 403. The molecule has 0 atom stereocenters. The third-order valence-corrected chi connectivity index (χ3v) is 3.20. The largest absolute Gasteiger partial charge is 0.367 e. The van der Waals surface area contributed by atoms with Crippen LogP contribution in [0.25, 0.3) is 0 Å². The van der Waals surface area contributed by atoms with Gasteiger partial charge in [0.15, 0.2) is 0 Å². The molecule has 0 spiro atoms. The maximum absolute atomic E-state index is 14.1. The zero-order chi connectivity index (χ0) is 13.2. The molecule has 0 saturated carbocycles. The van der Waals surface area contributed by atoms with Gasteiger partial charge in [0.1, 0.15) is 5.82 Å². The Labute approximate surface area is 109 Å². The Morgan fingerprint density at radius 3 is 2.44 bits per heavy atom. The van der Waals surface area contributed by atoms with Crippen molar-refractivity contribution in [3.8, 4) is 0 Å². The molecule has 1 heterocycles. The first-order chi connectivity index (χ1) is 8.46. The summed E-state index contributed by atoms with van der Waals surface area (Å²) in [6.45, 7) is 10.2. The van der Waals surface area contributed by atoms with Gasteiger partial charge in [0.25, 0.3) is 0 Å². The molecular weight excluding hydrogens is 227 g/mol. The molecule has 0 amide bonds. The Kier molecular flexibility index (Phi) is 3.91. The van der Waals surface area contributed by atoms with Gasteiger partial charge in [0, 0.05) is 26.2 Å². The van der Waals surface area contributed by atoms with E-state index in [1.165, 1.54) is 0 Å². The topological polar surface area (TPSA) is 15.3 Å². The van der Waals surface area contributed by atoms with Crippen molar-refractivity contribution in [2.45, 2.75) is 27.2 Å². The molecule has 2 rings (SSSR count). The second-order valence-electron chi connectivity index (χ2n) is 6.26. The second-order valence-corrected chi connectivity index (χ2v) is 6.26. The van der Waals surface area contributed by atoms with E-state index in [1.54, 1.807) is 6.07 Å². The molecule has 1 aromatic rings. The third-order valence-electron chi connectivity index (χ3n) is 3.20. The molecule has 0 aliphatic carbocycles. The number of nitrogens with one attached hydrogen (secondary N) is 1. The van der Waals surface area contributed by atoms with Gasteiger partial charge in [0.2, 0.25) is 0 Å². The molecule has 0 aromatic heterocycles. The molecule has 2 nitrogen and oxygen atoms in total. The Morgan fingerprint density at radius 1 is 1.22 bits per heavy atom. The molecule has 0 radical (unpaired) electrons. The van der Waals surface area contributed by atoms with E-state index >= 15 is 0 Å². The highest BCUT2D eigenvalue weighted by molar-refractivity contribution is 5.49. The van der Waals surface area contributed by atoms with Gasteiger partial charge in [-0.1, -0.05) is 26.8 Å². The van der Waals surface area contributed by atoms with Crippen molar-refractivity contribution in [3.63, 3.8) is 0 Å². The molecule has 0 unspecified atom stereocenters. The predicted octanol–water partition coefficient (Wildman–Crippen LogP) is 2.82. The van der Waals surface area contributed by atoms with Crippen molar-refractivity contribution < 1.29 is 4.39 Å². The second kappa shape index (κ2) is 5.27. The van der Waals surface area contributed by atoms with Crippen molar-refractivity contribution in [2.24, 2.45) is 5.41 Å². The average molecular weight is 250 g/mol. The predicted molar refractivity (Wildman–Crippen MR) is 74.6 cm³/mol. The lowest BCUT2D eigenvalue weighted by Crippen LogP contribution is -2.43. The SMILES string of the molecule is CC(C)(C)Cc1ccc(N2CCNCC2)c(F)c1. The minimum Gasteiger partial charge on any atom is -0.367 e. The molecule has 1 saturated heterocycles. The first kappa shape index (κ1) is 13.3. The summed E-state index contributed by atoms with van der Waals surface area (Å²) in [6, 6.07) is 5.69. The highest BCUT2D eigenvalue weighted by Gasteiger charge is 2.16. The lowest BCUT2D eigenvalue weighted by molar-refractivity contribution is 0.410. The van der Waals surface area contributed by atoms with Crippen LogP contribution in [-0.4, -0.2) is 26.2 Å². The van der Waals surface area contributed by atoms with Crippen molar-refractivity contribution in [3.05, 3.63) is 29.6 Å². The minimum absolute atomic E-state index is 0.0846. The maximum Gasteiger partial charge on any atom is 0.146 e. The highest BCUT2D eigenvalue weighted by atomic mass is 19.1. The van der Waals surface area contributed by atoms with Crippen LogP contribution < -0.4 is 10.2 Å². The fourth-order valence-electron chi connectivity index (χ4n) is 2.43. The standard InChI is InChI=1S/C15H23FN2/c1-15(2,3)11-12-4-5-14(13(16)10-12)18-8-6-17-7-9-18/h4-5,10,17H,6-9,11H2,1-3H3. The van der Waals surface area contributed by atoms with Crippen LogP contribution in [0.2, 0.25) is 0 Å². The summed E-state index contributed by atoms with van der Waals surface area (Å²) in [6.07, 6.45) is 0.908. The third kappa shape index (κ3) is 3.45. The van der Waals surface area contributed by atoms with Gasteiger partial charge < -0.3 is 10.2 Å². The smallest absolute Gasteiger partial charge is 0.146 e. The average Bonchev–Trinajstić information content (AvgIpc) is 2.28.